The van der Waals surface area contributed by atoms with Crippen molar-refractivity contribution in [1.82, 2.24) is 18.9 Å². The number of carboxylic acids is 1. The molecule has 29 heavy (non-hydrogen) atoms. The van der Waals surface area contributed by atoms with E-state index in [1.807, 2.05) is 0 Å². The molecule has 0 atom stereocenters. The lowest BCUT2D eigenvalue weighted by Crippen LogP contribution is -2.55. The predicted octanol–water partition coefficient (Wildman–Crippen LogP) is 0.698. The summed E-state index contributed by atoms with van der Waals surface area (Å²) < 4.78 is 43.7. The van der Waals surface area contributed by atoms with Crippen LogP contribution in [0.25, 0.3) is 16.2 Å². The van der Waals surface area contributed by atoms with Gasteiger partial charge >= 0.3 is 5.97 Å². The number of rotatable bonds is 5. The summed E-state index contributed by atoms with van der Waals surface area (Å²) in [5, 5.41) is 8.73. The Labute approximate surface area is 167 Å². The molecule has 4 heterocycles. The van der Waals surface area contributed by atoms with Gasteiger partial charge in [0, 0.05) is 36.6 Å². The zero-order valence-electron chi connectivity index (χ0n) is 14.9. The molecule has 1 fully saturated rings. The highest BCUT2D eigenvalue weighted by molar-refractivity contribution is 7.92. The number of fused-ring (bicyclic) bond motifs is 1. The summed E-state index contributed by atoms with van der Waals surface area (Å²) in [7, 11) is -3.25. The molecule has 1 aliphatic heterocycles. The Balaban J connectivity index is 1.87. The largest absolute Gasteiger partial charge is 0.477 e. The van der Waals surface area contributed by atoms with E-state index in [0.29, 0.717) is 0 Å². The Morgan fingerprint density at radius 2 is 2.14 bits per heavy atom. The van der Waals surface area contributed by atoms with Crippen molar-refractivity contribution >= 4 is 44.2 Å². The van der Waals surface area contributed by atoms with E-state index >= 15 is 0 Å². The third kappa shape index (κ3) is 3.15. The molecule has 10 nitrogen and oxygen atoms in total. The second-order valence-corrected chi connectivity index (χ2v) is 9.74. The van der Waals surface area contributed by atoms with Crippen LogP contribution < -0.4 is 10.3 Å². The minimum absolute atomic E-state index is 0.00626. The number of nitrogens with zero attached hydrogens (tertiary/aromatic N) is 5. The number of sulfone groups is 1. The van der Waals surface area contributed by atoms with Crippen LogP contribution in [-0.4, -0.2) is 62.5 Å². The Hall–Kier alpha value is -2.93. The van der Waals surface area contributed by atoms with Gasteiger partial charge in [-0.15, -0.1) is 0 Å². The van der Waals surface area contributed by atoms with Crippen LogP contribution in [-0.2, 0) is 9.84 Å². The maximum Gasteiger partial charge on any atom is 0.341 e. The minimum atomic E-state index is -3.25. The third-order valence-electron chi connectivity index (χ3n) is 4.76. The lowest BCUT2D eigenvalue weighted by Gasteiger charge is -2.39. The highest BCUT2D eigenvalue weighted by Gasteiger charge is 2.38. The molecular weight excluding hydrogens is 425 g/mol. The lowest BCUT2D eigenvalue weighted by atomic mass is 10.1. The van der Waals surface area contributed by atoms with Crippen molar-refractivity contribution in [1.29, 1.82) is 0 Å². The Morgan fingerprint density at radius 3 is 2.72 bits per heavy atom. The van der Waals surface area contributed by atoms with E-state index in [1.54, 1.807) is 6.92 Å². The number of hydrogen-bond acceptors (Lipinski definition) is 9. The van der Waals surface area contributed by atoms with Crippen LogP contribution in [0, 0.1) is 5.82 Å². The van der Waals surface area contributed by atoms with Crippen LogP contribution in [0.5, 0.6) is 0 Å². The molecule has 152 valence electrons. The summed E-state index contributed by atoms with van der Waals surface area (Å²) in [6.07, 6.45) is 2.33. The van der Waals surface area contributed by atoms with Gasteiger partial charge in [0.15, 0.2) is 27.1 Å². The van der Waals surface area contributed by atoms with Gasteiger partial charge < -0.3 is 10.0 Å². The van der Waals surface area contributed by atoms with Crippen LogP contribution in [0.3, 0.4) is 0 Å². The van der Waals surface area contributed by atoms with Crippen LogP contribution in [0.1, 0.15) is 17.3 Å². The smallest absolute Gasteiger partial charge is 0.341 e. The van der Waals surface area contributed by atoms with Crippen LogP contribution in [0.15, 0.2) is 23.4 Å². The van der Waals surface area contributed by atoms with Crippen molar-refractivity contribution < 1.29 is 22.7 Å². The van der Waals surface area contributed by atoms with Crippen molar-refractivity contribution in [2.24, 2.45) is 0 Å². The Bertz CT molecular complexity index is 1280. The lowest BCUT2D eigenvalue weighted by molar-refractivity contribution is 0.0695. The minimum Gasteiger partial charge on any atom is -0.477 e. The summed E-state index contributed by atoms with van der Waals surface area (Å²) in [5.41, 5.74) is -1.42. The van der Waals surface area contributed by atoms with E-state index in [4.69, 9.17) is 0 Å². The third-order valence-corrected chi connectivity index (χ3v) is 7.54. The number of aromatic carboxylic acids is 1. The highest BCUT2D eigenvalue weighted by Crippen LogP contribution is 2.28. The molecule has 13 heteroatoms. The van der Waals surface area contributed by atoms with Gasteiger partial charge in [0.2, 0.25) is 10.6 Å². The molecule has 0 amide bonds. The Kier molecular flexibility index (Phi) is 4.58. The zero-order valence-corrected chi connectivity index (χ0v) is 16.6. The fraction of sp³-hybridized carbons (Fsp3) is 0.312. The van der Waals surface area contributed by atoms with Gasteiger partial charge in [0.1, 0.15) is 11.9 Å². The number of aromatic nitrogens is 4. The average molecular weight is 439 g/mol. The van der Waals surface area contributed by atoms with Crippen molar-refractivity contribution in [2.45, 2.75) is 12.2 Å². The molecule has 1 saturated heterocycles. The van der Waals surface area contributed by atoms with Crippen LogP contribution in [0.2, 0.25) is 0 Å². The summed E-state index contributed by atoms with van der Waals surface area (Å²) in [6.45, 7) is 1.72. The number of carboxylic acid groups (broad SMARTS) is 1. The molecule has 0 unspecified atom stereocenters. The van der Waals surface area contributed by atoms with Gasteiger partial charge in [0.05, 0.1) is 10.6 Å². The van der Waals surface area contributed by atoms with Gasteiger partial charge in [-0.25, -0.2) is 27.6 Å². The van der Waals surface area contributed by atoms with Crippen molar-refractivity contribution in [3.63, 3.8) is 0 Å². The standard InChI is InChI=1S/C16H14FN5O5S2/c1-2-29(26,27)8-4-21(5-8)14-11(17)3-9-12(23)10(15(24)25)6-22(13(9)20-14)16-18-7-19-28-16/h3,6-8H,2,4-5H2,1H3,(H,24,25). The normalized spacial score (nSPS) is 14.9. The second kappa shape index (κ2) is 6.84. The summed E-state index contributed by atoms with van der Waals surface area (Å²) in [6, 6.07) is 0.922. The molecule has 0 radical (unpaired) electrons. The monoisotopic (exact) mass is 439 g/mol. The molecular formula is C16H14FN5O5S2. The number of carbonyl (C=O) groups is 1. The summed E-state index contributed by atoms with van der Waals surface area (Å²) >= 11 is 0.942. The quantitative estimate of drug-likeness (QED) is 0.609. The topological polar surface area (TPSA) is 135 Å². The molecule has 4 rings (SSSR count). The van der Waals surface area contributed by atoms with Crippen LogP contribution in [0.4, 0.5) is 10.2 Å². The summed E-state index contributed by atoms with van der Waals surface area (Å²) in [4.78, 5) is 33.6. The second-order valence-electron chi connectivity index (χ2n) is 6.41. The average Bonchev–Trinajstić information content (AvgIpc) is 3.16. The van der Waals surface area contributed by atoms with Gasteiger partial charge in [-0.2, -0.15) is 4.37 Å². The first-order valence-corrected chi connectivity index (χ1v) is 10.9. The van der Waals surface area contributed by atoms with E-state index in [9.17, 15) is 27.5 Å². The number of hydrogen-bond donors (Lipinski definition) is 1. The molecule has 3 aromatic rings. The molecule has 0 saturated carbocycles. The maximum absolute atomic E-state index is 14.7. The molecule has 0 aliphatic carbocycles. The first-order chi connectivity index (χ1) is 13.7. The fourth-order valence-corrected chi connectivity index (χ4v) is 4.88. The molecule has 0 bridgehead atoms. The van der Waals surface area contributed by atoms with E-state index < -0.39 is 37.9 Å². The zero-order chi connectivity index (χ0) is 20.9. The molecule has 0 spiro atoms. The van der Waals surface area contributed by atoms with E-state index in [1.165, 1.54) is 15.8 Å². The number of anilines is 1. The van der Waals surface area contributed by atoms with Gasteiger partial charge in [-0.05, 0) is 6.07 Å². The molecule has 3 aromatic heterocycles. The molecule has 0 aromatic carbocycles. The van der Waals surface area contributed by atoms with Crippen molar-refractivity contribution in [2.75, 3.05) is 23.7 Å². The fourth-order valence-electron chi connectivity index (χ4n) is 3.08. The van der Waals surface area contributed by atoms with E-state index in [-0.39, 0.29) is 40.8 Å². The van der Waals surface area contributed by atoms with Crippen molar-refractivity contribution in [3.05, 3.63) is 40.2 Å². The van der Waals surface area contributed by atoms with Crippen LogP contribution >= 0.6 is 11.5 Å². The molecule has 1 N–H and O–H groups in total. The highest BCUT2D eigenvalue weighted by atomic mass is 32.2. The molecule has 1 aliphatic rings. The summed E-state index contributed by atoms with van der Waals surface area (Å²) in [5.74, 6) is -2.42. The maximum atomic E-state index is 14.7. The predicted molar refractivity (Wildman–Crippen MR) is 103 cm³/mol. The van der Waals surface area contributed by atoms with Gasteiger partial charge in [-0.3, -0.25) is 9.36 Å². The van der Waals surface area contributed by atoms with E-state index in [0.717, 1.165) is 23.8 Å². The first kappa shape index (κ1) is 19.4. The van der Waals surface area contributed by atoms with E-state index in [2.05, 4.69) is 14.3 Å². The first-order valence-electron chi connectivity index (χ1n) is 8.45. The SMILES string of the molecule is CCS(=O)(=O)C1CN(c2nc3c(cc2F)c(=O)c(C(=O)O)cn3-c2ncns2)C1. The van der Waals surface area contributed by atoms with Gasteiger partial charge in [0.25, 0.3) is 0 Å². The number of halogens is 1. The number of pyridine rings is 2. The Morgan fingerprint density at radius 1 is 1.41 bits per heavy atom. The van der Waals surface area contributed by atoms with Crippen molar-refractivity contribution in [3.8, 4) is 5.13 Å². The van der Waals surface area contributed by atoms with Gasteiger partial charge in [-0.1, -0.05) is 6.92 Å².